The van der Waals surface area contributed by atoms with E-state index in [2.05, 4.69) is 137 Å². The van der Waals surface area contributed by atoms with Gasteiger partial charge < -0.3 is 16.0 Å². The zero-order chi connectivity index (χ0) is 24.7. The van der Waals surface area contributed by atoms with Gasteiger partial charge >= 0.3 is 0 Å². The molecular weight excluding hydrogens is 438 g/mol. The van der Waals surface area contributed by atoms with Crippen molar-refractivity contribution in [2.45, 2.75) is 37.9 Å². The molecule has 4 aromatic rings. The average Bonchev–Trinajstić information content (AvgIpc) is 2.94. The average molecular weight is 478 g/mol. The number of nitrogens with one attached hydrogen (secondary N) is 3. The molecule has 0 saturated heterocycles. The fraction of sp³-hybridized carbons (Fsp3) is 0.273. The molecule has 3 nitrogen and oxygen atoms in total. The van der Waals surface area contributed by atoms with E-state index in [0.29, 0.717) is 12.1 Å². The van der Waals surface area contributed by atoms with Gasteiger partial charge in [0.2, 0.25) is 0 Å². The Morgan fingerprint density at radius 2 is 0.889 bits per heavy atom. The fourth-order valence-corrected chi connectivity index (χ4v) is 4.59. The molecule has 4 aromatic carbocycles. The first-order valence-electron chi connectivity index (χ1n) is 13.2. The van der Waals surface area contributed by atoms with E-state index < -0.39 is 0 Å². The van der Waals surface area contributed by atoms with Gasteiger partial charge in [0.15, 0.2) is 0 Å². The number of rotatable bonds is 15. The van der Waals surface area contributed by atoms with Crippen LogP contribution in [-0.2, 0) is 25.8 Å². The molecule has 186 valence electrons. The molecule has 4 rings (SSSR count). The lowest BCUT2D eigenvalue weighted by Gasteiger charge is -2.25. The summed E-state index contributed by atoms with van der Waals surface area (Å²) in [4.78, 5) is 0. The highest BCUT2D eigenvalue weighted by Gasteiger charge is 2.14. The first kappa shape index (κ1) is 25.8. The lowest BCUT2D eigenvalue weighted by atomic mass is 10.0. The van der Waals surface area contributed by atoms with Gasteiger partial charge in [-0.1, -0.05) is 121 Å². The number of benzene rings is 4. The van der Waals surface area contributed by atoms with Crippen LogP contribution in [0.4, 0.5) is 0 Å². The second-order valence-corrected chi connectivity index (χ2v) is 9.49. The third-order valence-corrected chi connectivity index (χ3v) is 6.55. The topological polar surface area (TPSA) is 36.1 Å². The van der Waals surface area contributed by atoms with Gasteiger partial charge in [0, 0.05) is 31.7 Å². The van der Waals surface area contributed by atoms with Crippen molar-refractivity contribution in [3.05, 3.63) is 144 Å². The van der Waals surface area contributed by atoms with Crippen LogP contribution in [0.3, 0.4) is 0 Å². The Balaban J connectivity index is 1.35. The minimum absolute atomic E-state index is 0.352. The van der Waals surface area contributed by atoms with Gasteiger partial charge in [-0.15, -0.1) is 0 Å². The molecule has 0 saturated carbocycles. The normalized spacial score (nSPS) is 12.8. The van der Waals surface area contributed by atoms with Crippen molar-refractivity contribution >= 4 is 0 Å². The summed E-state index contributed by atoms with van der Waals surface area (Å²) in [5.74, 6) is 0. The van der Waals surface area contributed by atoms with Crippen LogP contribution in [0.25, 0.3) is 0 Å². The second kappa shape index (κ2) is 15.0. The molecule has 36 heavy (non-hydrogen) atoms. The molecule has 0 aromatic heterocycles. The number of hydrogen-bond acceptors (Lipinski definition) is 3. The molecule has 2 atom stereocenters. The van der Waals surface area contributed by atoms with Crippen molar-refractivity contribution in [2.24, 2.45) is 0 Å². The summed E-state index contributed by atoms with van der Waals surface area (Å²) in [6.45, 7) is 3.70. The molecule has 0 amide bonds. The molecule has 0 radical (unpaired) electrons. The quantitative estimate of drug-likeness (QED) is 0.214. The Kier molecular flexibility index (Phi) is 10.8. The lowest BCUT2D eigenvalue weighted by Crippen LogP contribution is -2.48. The molecule has 3 heteroatoms. The van der Waals surface area contributed by atoms with Gasteiger partial charge in [0.25, 0.3) is 0 Å². The molecule has 0 heterocycles. The van der Waals surface area contributed by atoms with Crippen LogP contribution in [0.1, 0.15) is 22.3 Å². The molecule has 0 aliphatic rings. The predicted molar refractivity (Wildman–Crippen MR) is 152 cm³/mol. The fourth-order valence-electron chi connectivity index (χ4n) is 4.59. The van der Waals surface area contributed by atoms with Crippen LogP contribution in [-0.4, -0.2) is 31.7 Å². The Hall–Kier alpha value is -3.24. The van der Waals surface area contributed by atoms with Crippen LogP contribution < -0.4 is 16.0 Å². The third kappa shape index (κ3) is 9.43. The maximum absolute atomic E-state index is 3.90. The van der Waals surface area contributed by atoms with Crippen LogP contribution in [0.2, 0.25) is 0 Å². The maximum atomic E-state index is 3.90. The van der Waals surface area contributed by atoms with E-state index in [0.717, 1.165) is 45.4 Å². The molecule has 0 aliphatic carbocycles. The summed E-state index contributed by atoms with van der Waals surface area (Å²) in [6.07, 6.45) is 3.06. The summed E-state index contributed by atoms with van der Waals surface area (Å²) in [6, 6.07) is 43.7. The highest BCUT2D eigenvalue weighted by atomic mass is 15.0. The Bertz CT molecular complexity index is 994. The van der Waals surface area contributed by atoms with E-state index in [4.69, 9.17) is 0 Å². The van der Waals surface area contributed by atoms with Gasteiger partial charge in [-0.25, -0.2) is 0 Å². The molecule has 3 N–H and O–H groups in total. The van der Waals surface area contributed by atoms with Gasteiger partial charge in [0.05, 0.1) is 0 Å². The Labute approximate surface area is 217 Å². The van der Waals surface area contributed by atoms with Gasteiger partial charge in [0.1, 0.15) is 0 Å². The van der Waals surface area contributed by atoms with Crippen LogP contribution in [0.5, 0.6) is 0 Å². The van der Waals surface area contributed by atoms with Crippen LogP contribution in [0, 0.1) is 0 Å². The van der Waals surface area contributed by atoms with Crippen molar-refractivity contribution in [1.29, 1.82) is 0 Å². The van der Waals surface area contributed by atoms with Crippen molar-refractivity contribution in [3.63, 3.8) is 0 Å². The molecule has 0 fully saturated rings. The maximum Gasteiger partial charge on any atom is 0.0233 e. The molecule has 0 unspecified atom stereocenters. The van der Waals surface area contributed by atoms with Crippen molar-refractivity contribution < 1.29 is 0 Å². The molecular formula is C33H39N3. The van der Waals surface area contributed by atoms with Crippen molar-refractivity contribution in [2.75, 3.05) is 19.6 Å². The minimum atomic E-state index is 0.352. The zero-order valence-corrected chi connectivity index (χ0v) is 21.2. The summed E-state index contributed by atoms with van der Waals surface area (Å²) in [5.41, 5.74) is 5.44. The second-order valence-electron chi connectivity index (χ2n) is 9.49. The molecule has 0 spiro atoms. The van der Waals surface area contributed by atoms with Gasteiger partial charge in [-0.2, -0.15) is 0 Å². The van der Waals surface area contributed by atoms with Crippen molar-refractivity contribution in [3.8, 4) is 0 Å². The van der Waals surface area contributed by atoms with E-state index in [1.807, 2.05) is 0 Å². The van der Waals surface area contributed by atoms with Gasteiger partial charge in [-0.3, -0.25) is 0 Å². The summed E-state index contributed by atoms with van der Waals surface area (Å²) in [7, 11) is 0. The summed E-state index contributed by atoms with van der Waals surface area (Å²) in [5, 5.41) is 11.4. The SMILES string of the molecule is c1ccc(CCN[C@H](CN[C@H](CNCc2ccccc2)Cc2ccccc2)Cc2ccccc2)cc1. The first-order chi connectivity index (χ1) is 17.8. The van der Waals surface area contributed by atoms with Crippen molar-refractivity contribution in [1.82, 2.24) is 16.0 Å². The lowest BCUT2D eigenvalue weighted by molar-refractivity contribution is 0.411. The zero-order valence-electron chi connectivity index (χ0n) is 21.2. The van der Waals surface area contributed by atoms with E-state index in [1.54, 1.807) is 0 Å². The van der Waals surface area contributed by atoms with E-state index in [-0.39, 0.29) is 0 Å². The Morgan fingerprint density at radius 3 is 1.42 bits per heavy atom. The number of hydrogen-bond donors (Lipinski definition) is 3. The largest absolute Gasteiger partial charge is 0.312 e. The molecule has 0 aliphatic heterocycles. The highest BCUT2D eigenvalue weighted by molar-refractivity contribution is 5.18. The van der Waals surface area contributed by atoms with Crippen LogP contribution in [0.15, 0.2) is 121 Å². The predicted octanol–water partition coefficient (Wildman–Crippen LogP) is 5.42. The standard InChI is InChI=1S/C33H39N3/c1-5-13-28(14-6-1)21-22-35-33(24-30-17-9-3-10-18-30)27-36-32(23-29-15-7-2-8-16-29)26-34-25-31-19-11-4-12-20-31/h1-20,32-36H,21-27H2/t32-,33-/m0/s1. The minimum Gasteiger partial charge on any atom is -0.312 e. The van der Waals surface area contributed by atoms with Crippen LogP contribution >= 0.6 is 0 Å². The summed E-state index contributed by atoms with van der Waals surface area (Å²) < 4.78 is 0. The monoisotopic (exact) mass is 477 g/mol. The first-order valence-corrected chi connectivity index (χ1v) is 13.2. The summed E-state index contributed by atoms with van der Waals surface area (Å²) >= 11 is 0. The highest BCUT2D eigenvalue weighted by Crippen LogP contribution is 2.07. The van der Waals surface area contributed by atoms with E-state index in [1.165, 1.54) is 22.3 Å². The van der Waals surface area contributed by atoms with Gasteiger partial charge in [-0.05, 0) is 48.1 Å². The smallest absolute Gasteiger partial charge is 0.0233 e. The molecule has 0 bridgehead atoms. The Morgan fingerprint density at radius 1 is 0.444 bits per heavy atom. The van der Waals surface area contributed by atoms with E-state index >= 15 is 0 Å². The van der Waals surface area contributed by atoms with E-state index in [9.17, 15) is 0 Å². The third-order valence-electron chi connectivity index (χ3n) is 6.55.